The molecule has 2 aromatic carbocycles. The van der Waals surface area contributed by atoms with Crippen LogP contribution in [0.15, 0.2) is 59.5 Å². The van der Waals surface area contributed by atoms with Gasteiger partial charge in [-0.2, -0.15) is 4.31 Å². The Labute approximate surface area is 180 Å². The van der Waals surface area contributed by atoms with E-state index in [4.69, 9.17) is 4.74 Å². The van der Waals surface area contributed by atoms with E-state index in [1.165, 1.54) is 12.1 Å². The van der Waals surface area contributed by atoms with Crippen molar-refractivity contribution in [1.29, 1.82) is 0 Å². The largest absolute Gasteiger partial charge is 0.359 e. The normalized spacial score (nSPS) is 16.7. The van der Waals surface area contributed by atoms with Gasteiger partial charge in [-0.05, 0) is 42.7 Å². The minimum absolute atomic E-state index is 0.0770. The maximum Gasteiger partial charge on any atom is 0.309 e. The summed E-state index contributed by atoms with van der Waals surface area (Å²) in [4.78, 5) is 23.9. The third-order valence-corrected chi connectivity index (χ3v) is 6.68. The number of benzene rings is 2. The monoisotopic (exact) mass is 449 g/mol. The lowest BCUT2D eigenvalue weighted by Crippen LogP contribution is -2.47. The molecule has 1 aliphatic heterocycles. The van der Waals surface area contributed by atoms with Gasteiger partial charge in [0.25, 0.3) is 0 Å². The molecule has 0 aromatic heterocycles. The van der Waals surface area contributed by atoms with E-state index in [1.54, 1.807) is 0 Å². The predicted molar refractivity (Wildman–Crippen MR) is 111 cm³/mol. The summed E-state index contributed by atoms with van der Waals surface area (Å²) in [5.74, 6) is -2.21. The van der Waals surface area contributed by atoms with Crippen LogP contribution in [0.25, 0.3) is 0 Å². The number of nitrogens with zero attached hydrogens (tertiary/aromatic N) is 1. The van der Waals surface area contributed by atoms with Crippen molar-refractivity contribution >= 4 is 21.8 Å². The number of aryl methyl sites for hydroxylation is 1. The Bertz CT molecular complexity index is 999. The van der Waals surface area contributed by atoms with Gasteiger partial charge in [-0.3, -0.25) is 9.59 Å². The molecule has 31 heavy (non-hydrogen) atoms. The van der Waals surface area contributed by atoms with E-state index in [2.05, 4.69) is 10.6 Å². The van der Waals surface area contributed by atoms with E-state index in [1.807, 2.05) is 30.3 Å². The molecule has 0 aliphatic carbocycles. The van der Waals surface area contributed by atoms with Crippen LogP contribution in [0.2, 0.25) is 0 Å². The molecular weight excluding hydrogens is 425 g/mol. The number of ether oxygens (including phenoxy) is 1. The van der Waals surface area contributed by atoms with Gasteiger partial charge in [0.15, 0.2) is 0 Å². The lowest BCUT2D eigenvalue weighted by Gasteiger charge is -2.22. The summed E-state index contributed by atoms with van der Waals surface area (Å²) in [6, 6.07) is 14.2. The Kier molecular flexibility index (Phi) is 7.72. The standard InChI is InChI=1S/C21H24FN3O5S/c22-17-8-10-18(11-9-17)31(28,29)25-13-14-30-19(25)15-24-21(27)20(26)23-12-4-7-16-5-2-1-3-6-16/h1-3,5-6,8-11,19H,4,7,12-15H2,(H,23,26)(H,24,27)/t19-/m1/s1. The highest BCUT2D eigenvalue weighted by atomic mass is 32.2. The zero-order valence-electron chi connectivity index (χ0n) is 16.8. The second-order valence-corrected chi connectivity index (χ2v) is 8.84. The van der Waals surface area contributed by atoms with Gasteiger partial charge in [0.05, 0.1) is 18.0 Å². The summed E-state index contributed by atoms with van der Waals surface area (Å²) >= 11 is 0. The zero-order chi connectivity index (χ0) is 22.3. The number of nitrogens with one attached hydrogen (secondary N) is 2. The highest BCUT2D eigenvalue weighted by molar-refractivity contribution is 7.89. The van der Waals surface area contributed by atoms with Crippen LogP contribution >= 0.6 is 0 Å². The Morgan fingerprint density at radius 3 is 2.42 bits per heavy atom. The molecule has 0 unspecified atom stereocenters. The second kappa shape index (κ2) is 10.5. The average molecular weight is 450 g/mol. The van der Waals surface area contributed by atoms with Crippen molar-refractivity contribution in [3.63, 3.8) is 0 Å². The fraction of sp³-hybridized carbons (Fsp3) is 0.333. The first-order chi connectivity index (χ1) is 14.9. The molecular formula is C21H24FN3O5S. The van der Waals surface area contributed by atoms with E-state index >= 15 is 0 Å². The fourth-order valence-corrected chi connectivity index (χ4v) is 4.67. The number of hydrogen-bond acceptors (Lipinski definition) is 5. The molecule has 1 heterocycles. The van der Waals surface area contributed by atoms with Gasteiger partial charge in [-0.15, -0.1) is 0 Å². The minimum atomic E-state index is -3.93. The van der Waals surface area contributed by atoms with Crippen LogP contribution in [0.1, 0.15) is 12.0 Å². The summed E-state index contributed by atoms with van der Waals surface area (Å²) in [6.07, 6.45) is 0.498. The van der Waals surface area contributed by atoms with Crippen molar-refractivity contribution in [2.45, 2.75) is 24.0 Å². The Hall–Kier alpha value is -2.82. The smallest absolute Gasteiger partial charge is 0.309 e. The molecule has 2 aromatic rings. The van der Waals surface area contributed by atoms with Crippen molar-refractivity contribution in [3.8, 4) is 0 Å². The van der Waals surface area contributed by atoms with Crippen molar-refractivity contribution in [3.05, 3.63) is 66.0 Å². The molecule has 1 saturated heterocycles. The predicted octanol–water partition coefficient (Wildman–Crippen LogP) is 1.04. The maximum atomic E-state index is 13.1. The third kappa shape index (κ3) is 6.09. The second-order valence-electron chi connectivity index (χ2n) is 6.95. The minimum Gasteiger partial charge on any atom is -0.359 e. The van der Waals surface area contributed by atoms with Gasteiger partial charge in [-0.1, -0.05) is 30.3 Å². The average Bonchev–Trinajstić information content (AvgIpc) is 3.25. The first kappa shape index (κ1) is 22.9. The van der Waals surface area contributed by atoms with Gasteiger partial charge in [-0.25, -0.2) is 12.8 Å². The molecule has 0 bridgehead atoms. The topological polar surface area (TPSA) is 105 Å². The number of amides is 2. The Balaban J connectivity index is 1.46. The van der Waals surface area contributed by atoms with Crippen LogP contribution in [0.5, 0.6) is 0 Å². The Morgan fingerprint density at radius 1 is 1.03 bits per heavy atom. The molecule has 0 radical (unpaired) electrons. The van der Waals surface area contributed by atoms with E-state index in [0.29, 0.717) is 13.0 Å². The molecule has 0 saturated carbocycles. The van der Waals surface area contributed by atoms with E-state index in [-0.39, 0.29) is 24.6 Å². The summed E-state index contributed by atoms with van der Waals surface area (Å²) in [5, 5.41) is 4.95. The van der Waals surface area contributed by atoms with Crippen molar-refractivity contribution in [1.82, 2.24) is 14.9 Å². The molecule has 8 nitrogen and oxygen atoms in total. The van der Waals surface area contributed by atoms with Gasteiger partial charge in [0.2, 0.25) is 10.0 Å². The number of carbonyl (C=O) groups is 2. The van der Waals surface area contributed by atoms with E-state index in [0.717, 1.165) is 28.4 Å². The summed E-state index contributed by atoms with van der Waals surface area (Å²) in [5.41, 5.74) is 1.14. The lowest BCUT2D eigenvalue weighted by atomic mass is 10.1. The highest BCUT2D eigenvalue weighted by Crippen LogP contribution is 2.22. The Morgan fingerprint density at radius 2 is 1.71 bits per heavy atom. The molecule has 0 spiro atoms. The van der Waals surface area contributed by atoms with Crippen LogP contribution in [0.3, 0.4) is 0 Å². The first-order valence-corrected chi connectivity index (χ1v) is 11.3. The number of hydrogen-bond donors (Lipinski definition) is 2. The summed E-state index contributed by atoms with van der Waals surface area (Å²) in [7, 11) is -3.93. The molecule has 2 amide bonds. The van der Waals surface area contributed by atoms with Gasteiger partial charge in [0.1, 0.15) is 12.0 Å². The molecule has 10 heteroatoms. The molecule has 166 valence electrons. The first-order valence-electron chi connectivity index (χ1n) is 9.87. The molecule has 1 fully saturated rings. The van der Waals surface area contributed by atoms with Crippen LogP contribution in [-0.4, -0.2) is 57.0 Å². The number of sulfonamides is 1. The number of carbonyl (C=O) groups excluding carboxylic acids is 2. The zero-order valence-corrected chi connectivity index (χ0v) is 17.6. The summed E-state index contributed by atoms with van der Waals surface area (Å²) in [6.45, 7) is 0.390. The van der Waals surface area contributed by atoms with Crippen molar-refractivity contribution in [2.24, 2.45) is 0 Å². The van der Waals surface area contributed by atoms with Crippen LogP contribution in [0.4, 0.5) is 4.39 Å². The van der Waals surface area contributed by atoms with Gasteiger partial charge < -0.3 is 15.4 Å². The van der Waals surface area contributed by atoms with Crippen LogP contribution in [-0.2, 0) is 30.8 Å². The van der Waals surface area contributed by atoms with Gasteiger partial charge in [0, 0.05) is 13.1 Å². The van der Waals surface area contributed by atoms with Crippen molar-refractivity contribution in [2.75, 3.05) is 26.2 Å². The lowest BCUT2D eigenvalue weighted by molar-refractivity contribution is -0.139. The third-order valence-electron chi connectivity index (χ3n) is 4.78. The van der Waals surface area contributed by atoms with E-state index < -0.39 is 33.9 Å². The quantitative estimate of drug-likeness (QED) is 0.463. The summed E-state index contributed by atoms with van der Waals surface area (Å²) < 4.78 is 45.1. The highest BCUT2D eigenvalue weighted by Gasteiger charge is 2.36. The molecule has 2 N–H and O–H groups in total. The molecule has 1 aliphatic rings. The van der Waals surface area contributed by atoms with Crippen LogP contribution in [0, 0.1) is 5.82 Å². The maximum absolute atomic E-state index is 13.1. The van der Waals surface area contributed by atoms with Crippen molar-refractivity contribution < 1.29 is 27.1 Å². The van der Waals surface area contributed by atoms with E-state index in [9.17, 15) is 22.4 Å². The molecule has 3 rings (SSSR count). The van der Waals surface area contributed by atoms with Gasteiger partial charge >= 0.3 is 11.8 Å². The number of halogens is 1. The fourth-order valence-electron chi connectivity index (χ4n) is 3.16. The number of rotatable bonds is 8. The SMILES string of the molecule is O=C(NCCCc1ccccc1)C(=O)NC[C@H]1OCCN1S(=O)(=O)c1ccc(F)cc1. The molecule has 1 atom stereocenters. The van der Waals surface area contributed by atoms with Crippen LogP contribution < -0.4 is 10.6 Å².